The Hall–Kier alpha value is -2.08. The summed E-state index contributed by atoms with van der Waals surface area (Å²) in [6, 6.07) is 7.08. The van der Waals surface area contributed by atoms with Crippen LogP contribution in [0.2, 0.25) is 0 Å². The average Bonchev–Trinajstić information content (AvgIpc) is 2.92. The molecule has 0 saturated heterocycles. The van der Waals surface area contributed by atoms with E-state index in [1.165, 1.54) is 11.3 Å². The van der Waals surface area contributed by atoms with Crippen LogP contribution in [-0.2, 0) is 11.3 Å². The molecule has 5 nitrogen and oxygen atoms in total. The first-order chi connectivity index (χ1) is 9.24. The molecule has 0 spiro atoms. The van der Waals surface area contributed by atoms with Crippen molar-refractivity contribution in [1.29, 1.82) is 0 Å². The van der Waals surface area contributed by atoms with Crippen molar-refractivity contribution in [1.82, 2.24) is 10.3 Å². The number of anilines is 1. The number of nitrogens with one attached hydrogen (secondary N) is 1. The van der Waals surface area contributed by atoms with Crippen LogP contribution < -0.4 is 15.8 Å². The Bertz CT molecular complexity index is 511. The lowest BCUT2D eigenvalue weighted by atomic mass is 10.3. The van der Waals surface area contributed by atoms with Gasteiger partial charge in [0, 0.05) is 11.1 Å². The molecule has 0 unspecified atom stereocenters. The van der Waals surface area contributed by atoms with Gasteiger partial charge in [-0.3, -0.25) is 4.79 Å². The second-order valence-electron chi connectivity index (χ2n) is 3.92. The van der Waals surface area contributed by atoms with E-state index in [0.29, 0.717) is 31.0 Å². The zero-order chi connectivity index (χ0) is 13.5. The van der Waals surface area contributed by atoms with E-state index in [9.17, 15) is 4.79 Å². The van der Waals surface area contributed by atoms with Crippen LogP contribution in [0.1, 0.15) is 12.1 Å². The number of nitrogen functional groups attached to an aromatic ring is 1. The van der Waals surface area contributed by atoms with Gasteiger partial charge < -0.3 is 15.8 Å². The van der Waals surface area contributed by atoms with Gasteiger partial charge in [-0.05, 0) is 24.3 Å². The minimum atomic E-state index is -0.0524. The molecule has 6 heteroatoms. The van der Waals surface area contributed by atoms with Gasteiger partial charge in [0.25, 0.3) is 0 Å². The van der Waals surface area contributed by atoms with Crippen LogP contribution in [0, 0.1) is 0 Å². The maximum Gasteiger partial charge on any atom is 0.223 e. The van der Waals surface area contributed by atoms with Gasteiger partial charge in [-0.15, -0.1) is 11.3 Å². The summed E-state index contributed by atoms with van der Waals surface area (Å²) >= 11 is 1.51. The zero-order valence-corrected chi connectivity index (χ0v) is 11.2. The van der Waals surface area contributed by atoms with Crippen LogP contribution in [0.4, 0.5) is 5.69 Å². The van der Waals surface area contributed by atoms with E-state index in [2.05, 4.69) is 10.3 Å². The monoisotopic (exact) mass is 277 g/mol. The van der Waals surface area contributed by atoms with E-state index < -0.39 is 0 Å². The lowest BCUT2D eigenvalue weighted by molar-refractivity contribution is -0.121. The van der Waals surface area contributed by atoms with Crippen molar-refractivity contribution in [2.75, 3.05) is 12.3 Å². The van der Waals surface area contributed by atoms with E-state index in [1.54, 1.807) is 29.8 Å². The second-order valence-corrected chi connectivity index (χ2v) is 4.64. The predicted octanol–water partition coefficient (Wildman–Crippen LogP) is 1.81. The fraction of sp³-hybridized carbons (Fsp3) is 0.231. The molecule has 3 N–H and O–H groups in total. The molecule has 1 aromatic carbocycles. The summed E-state index contributed by atoms with van der Waals surface area (Å²) in [5.41, 5.74) is 8.87. The third-order valence-electron chi connectivity index (χ3n) is 2.43. The first-order valence-corrected chi connectivity index (χ1v) is 6.80. The van der Waals surface area contributed by atoms with E-state index >= 15 is 0 Å². The molecular weight excluding hydrogens is 262 g/mol. The number of nitrogens with zero attached hydrogens (tertiary/aromatic N) is 1. The highest BCUT2D eigenvalue weighted by Gasteiger charge is 2.03. The summed E-state index contributed by atoms with van der Waals surface area (Å²) in [5.74, 6) is 0.657. The van der Waals surface area contributed by atoms with Gasteiger partial charge in [-0.25, -0.2) is 4.98 Å². The molecule has 0 aliphatic heterocycles. The van der Waals surface area contributed by atoms with Crippen molar-refractivity contribution in [3.63, 3.8) is 0 Å². The van der Waals surface area contributed by atoms with Crippen LogP contribution in [0.15, 0.2) is 35.2 Å². The lowest BCUT2D eigenvalue weighted by Gasteiger charge is -2.06. The van der Waals surface area contributed by atoms with Gasteiger partial charge >= 0.3 is 0 Å². The molecule has 1 amide bonds. The van der Waals surface area contributed by atoms with Crippen molar-refractivity contribution in [2.45, 2.75) is 13.0 Å². The van der Waals surface area contributed by atoms with Gasteiger partial charge in [-0.1, -0.05) is 0 Å². The maximum absolute atomic E-state index is 11.5. The highest BCUT2D eigenvalue weighted by molar-refractivity contribution is 7.07. The lowest BCUT2D eigenvalue weighted by Crippen LogP contribution is -2.24. The molecule has 2 aromatic rings. The summed E-state index contributed by atoms with van der Waals surface area (Å²) in [6.07, 6.45) is 0.314. The summed E-state index contributed by atoms with van der Waals surface area (Å²) < 4.78 is 5.44. The van der Waals surface area contributed by atoms with Crippen molar-refractivity contribution in [3.05, 3.63) is 40.8 Å². The van der Waals surface area contributed by atoms with Gasteiger partial charge in [0.15, 0.2) is 0 Å². The summed E-state index contributed by atoms with van der Waals surface area (Å²) in [6.45, 7) is 0.803. The van der Waals surface area contributed by atoms with Crippen LogP contribution in [0.5, 0.6) is 5.75 Å². The third-order valence-corrected chi connectivity index (χ3v) is 3.06. The average molecular weight is 277 g/mol. The Balaban J connectivity index is 1.65. The largest absolute Gasteiger partial charge is 0.493 e. The number of hydrogen-bond donors (Lipinski definition) is 2. The minimum Gasteiger partial charge on any atom is -0.493 e. The van der Waals surface area contributed by atoms with E-state index in [1.807, 2.05) is 5.38 Å². The molecule has 0 saturated carbocycles. The molecule has 0 atom stereocenters. The Labute approximate surface area is 115 Å². The second kappa shape index (κ2) is 6.75. The zero-order valence-electron chi connectivity index (χ0n) is 10.3. The van der Waals surface area contributed by atoms with Crippen molar-refractivity contribution < 1.29 is 9.53 Å². The van der Waals surface area contributed by atoms with Crippen molar-refractivity contribution in [2.24, 2.45) is 0 Å². The predicted molar refractivity (Wildman–Crippen MR) is 74.9 cm³/mol. The highest BCUT2D eigenvalue weighted by atomic mass is 32.1. The first kappa shape index (κ1) is 13.4. The number of amides is 1. The minimum absolute atomic E-state index is 0.0524. The molecule has 0 aliphatic carbocycles. The molecule has 0 aliphatic rings. The molecule has 1 heterocycles. The molecule has 1 aromatic heterocycles. The number of rotatable bonds is 6. The van der Waals surface area contributed by atoms with Crippen molar-refractivity contribution >= 4 is 22.9 Å². The van der Waals surface area contributed by atoms with Crippen LogP contribution >= 0.6 is 11.3 Å². The number of aromatic nitrogens is 1. The Morgan fingerprint density at radius 2 is 2.16 bits per heavy atom. The maximum atomic E-state index is 11.5. The van der Waals surface area contributed by atoms with E-state index in [4.69, 9.17) is 10.5 Å². The highest BCUT2D eigenvalue weighted by Crippen LogP contribution is 2.13. The quantitative estimate of drug-likeness (QED) is 0.789. The van der Waals surface area contributed by atoms with Gasteiger partial charge in [0.05, 0.1) is 30.8 Å². The number of nitrogens with two attached hydrogens (primary N) is 1. The Morgan fingerprint density at radius 3 is 2.84 bits per heavy atom. The van der Waals surface area contributed by atoms with E-state index in [0.717, 1.165) is 5.69 Å². The standard InChI is InChI=1S/C13H15N3O2S/c14-10-1-3-12(4-2-10)18-6-5-13(17)15-7-11-8-19-9-16-11/h1-4,8-9H,5-7,14H2,(H,15,17). The molecule has 100 valence electrons. The molecule has 19 heavy (non-hydrogen) atoms. The third kappa shape index (κ3) is 4.59. The molecule has 0 fully saturated rings. The number of hydrogen-bond acceptors (Lipinski definition) is 5. The van der Waals surface area contributed by atoms with Crippen LogP contribution in [0.3, 0.4) is 0 Å². The molecule has 2 rings (SSSR count). The number of carbonyl (C=O) groups excluding carboxylic acids is 1. The molecule has 0 bridgehead atoms. The molecule has 0 radical (unpaired) electrons. The summed E-state index contributed by atoms with van der Waals surface area (Å²) in [4.78, 5) is 15.6. The number of thiazole rings is 1. The van der Waals surface area contributed by atoms with Gasteiger partial charge in [0.1, 0.15) is 5.75 Å². The fourth-order valence-corrected chi connectivity index (χ4v) is 1.99. The first-order valence-electron chi connectivity index (χ1n) is 5.86. The number of benzene rings is 1. The van der Waals surface area contributed by atoms with Gasteiger partial charge in [0.2, 0.25) is 5.91 Å². The van der Waals surface area contributed by atoms with E-state index in [-0.39, 0.29) is 5.91 Å². The normalized spacial score (nSPS) is 10.1. The Morgan fingerprint density at radius 1 is 1.37 bits per heavy atom. The summed E-state index contributed by atoms with van der Waals surface area (Å²) in [5, 5.41) is 4.69. The number of carbonyl (C=O) groups is 1. The molecular formula is C13H15N3O2S. The van der Waals surface area contributed by atoms with Crippen LogP contribution in [0.25, 0.3) is 0 Å². The summed E-state index contributed by atoms with van der Waals surface area (Å²) in [7, 11) is 0. The fourth-order valence-electron chi connectivity index (χ4n) is 1.43. The smallest absolute Gasteiger partial charge is 0.223 e. The van der Waals surface area contributed by atoms with Crippen molar-refractivity contribution in [3.8, 4) is 5.75 Å². The Kier molecular flexibility index (Phi) is 4.74. The van der Waals surface area contributed by atoms with Gasteiger partial charge in [-0.2, -0.15) is 0 Å². The topological polar surface area (TPSA) is 77.2 Å². The van der Waals surface area contributed by atoms with Crippen LogP contribution in [-0.4, -0.2) is 17.5 Å². The SMILES string of the molecule is Nc1ccc(OCCC(=O)NCc2cscn2)cc1. The number of ether oxygens (including phenoxy) is 1.